The highest BCUT2D eigenvalue weighted by Gasteiger charge is 2.31. The SMILES string of the molecule is NC(=O)c1ccccc1NS(=O)(=O)c1ccc2occ(C3CCC(=O)NC3=O)c2c1. The van der Waals surface area contributed by atoms with Crippen LogP contribution in [0.4, 0.5) is 5.69 Å². The second-order valence-electron chi connectivity index (χ2n) is 6.87. The van der Waals surface area contributed by atoms with Crippen LogP contribution in [0.1, 0.15) is 34.7 Å². The Morgan fingerprint density at radius 1 is 1.17 bits per heavy atom. The van der Waals surface area contributed by atoms with Gasteiger partial charge in [-0.3, -0.25) is 24.4 Å². The Kier molecular flexibility index (Phi) is 4.78. The molecule has 1 unspecified atom stereocenters. The van der Waals surface area contributed by atoms with Crippen molar-refractivity contribution in [1.82, 2.24) is 5.32 Å². The molecule has 0 spiro atoms. The van der Waals surface area contributed by atoms with Gasteiger partial charge in [0.2, 0.25) is 11.8 Å². The number of piperidine rings is 1. The molecule has 3 aromatic rings. The van der Waals surface area contributed by atoms with Gasteiger partial charge in [0.25, 0.3) is 15.9 Å². The van der Waals surface area contributed by atoms with Gasteiger partial charge < -0.3 is 10.2 Å². The van der Waals surface area contributed by atoms with E-state index in [0.29, 0.717) is 23.0 Å². The third-order valence-corrected chi connectivity index (χ3v) is 6.30. The second-order valence-corrected chi connectivity index (χ2v) is 8.55. The second kappa shape index (κ2) is 7.30. The maximum absolute atomic E-state index is 12.9. The molecule has 30 heavy (non-hydrogen) atoms. The molecule has 3 amide bonds. The first-order valence-electron chi connectivity index (χ1n) is 9.03. The summed E-state index contributed by atoms with van der Waals surface area (Å²) in [5.74, 6) is -2.18. The number of hydrogen-bond donors (Lipinski definition) is 3. The molecule has 154 valence electrons. The number of sulfonamides is 1. The average Bonchev–Trinajstić information content (AvgIpc) is 3.11. The summed E-state index contributed by atoms with van der Waals surface area (Å²) in [7, 11) is -4.06. The molecule has 1 aliphatic heterocycles. The van der Waals surface area contributed by atoms with Gasteiger partial charge in [0.15, 0.2) is 0 Å². The van der Waals surface area contributed by atoms with Gasteiger partial charge in [0, 0.05) is 17.4 Å². The Balaban J connectivity index is 1.72. The number of hydrogen-bond acceptors (Lipinski definition) is 6. The number of furan rings is 1. The van der Waals surface area contributed by atoms with Crippen molar-refractivity contribution in [2.24, 2.45) is 5.73 Å². The Bertz CT molecular complexity index is 1290. The average molecular weight is 427 g/mol. The monoisotopic (exact) mass is 427 g/mol. The quantitative estimate of drug-likeness (QED) is 0.529. The molecule has 9 nitrogen and oxygen atoms in total. The van der Waals surface area contributed by atoms with Crippen LogP contribution in [-0.4, -0.2) is 26.1 Å². The van der Waals surface area contributed by atoms with E-state index in [9.17, 15) is 22.8 Å². The smallest absolute Gasteiger partial charge is 0.261 e. The molecule has 0 bridgehead atoms. The predicted octanol–water partition coefficient (Wildman–Crippen LogP) is 1.85. The van der Waals surface area contributed by atoms with Gasteiger partial charge in [-0.1, -0.05) is 12.1 Å². The number of rotatable bonds is 5. The van der Waals surface area contributed by atoms with E-state index in [4.69, 9.17) is 10.2 Å². The minimum absolute atomic E-state index is 0.0368. The van der Waals surface area contributed by atoms with E-state index >= 15 is 0 Å². The van der Waals surface area contributed by atoms with Crippen molar-refractivity contribution in [2.75, 3.05) is 4.72 Å². The van der Waals surface area contributed by atoms with Crippen LogP contribution in [0, 0.1) is 0 Å². The van der Waals surface area contributed by atoms with E-state index in [1.807, 2.05) is 0 Å². The normalized spacial score (nSPS) is 17.0. The Morgan fingerprint density at radius 2 is 1.93 bits per heavy atom. The number of carbonyl (C=O) groups is 3. The van der Waals surface area contributed by atoms with Crippen molar-refractivity contribution in [1.29, 1.82) is 0 Å². The molecule has 2 aromatic carbocycles. The topological polar surface area (TPSA) is 149 Å². The van der Waals surface area contributed by atoms with Crippen LogP contribution in [0.2, 0.25) is 0 Å². The van der Waals surface area contributed by atoms with Crippen molar-refractivity contribution in [3.05, 3.63) is 59.9 Å². The van der Waals surface area contributed by atoms with Gasteiger partial charge in [0.1, 0.15) is 5.58 Å². The molecule has 1 fully saturated rings. The van der Waals surface area contributed by atoms with Crippen LogP contribution in [0.3, 0.4) is 0 Å². The summed E-state index contributed by atoms with van der Waals surface area (Å²) in [5.41, 5.74) is 6.32. The summed E-state index contributed by atoms with van der Waals surface area (Å²) in [4.78, 5) is 35.1. The summed E-state index contributed by atoms with van der Waals surface area (Å²) in [6.45, 7) is 0. The zero-order chi connectivity index (χ0) is 21.5. The number of primary amides is 1. The Morgan fingerprint density at radius 3 is 2.67 bits per heavy atom. The zero-order valence-electron chi connectivity index (χ0n) is 15.5. The van der Waals surface area contributed by atoms with Crippen molar-refractivity contribution >= 4 is 44.4 Å². The summed E-state index contributed by atoms with van der Waals surface area (Å²) in [6.07, 6.45) is 1.89. The number of benzene rings is 2. The van der Waals surface area contributed by atoms with Crippen LogP contribution in [0.5, 0.6) is 0 Å². The van der Waals surface area contributed by atoms with Gasteiger partial charge >= 0.3 is 0 Å². The van der Waals surface area contributed by atoms with Crippen LogP contribution in [0.25, 0.3) is 11.0 Å². The standard InChI is InChI=1S/C20H17N3O6S/c21-19(25)13-3-1-2-4-16(13)23-30(27,28)11-5-7-17-14(9-11)15(10-29-17)12-6-8-18(24)22-20(12)26/h1-5,7,9-10,12,23H,6,8H2,(H2,21,25)(H,22,24,26). The fraction of sp³-hybridized carbons (Fsp3) is 0.150. The van der Waals surface area contributed by atoms with E-state index in [1.165, 1.54) is 36.6 Å². The number of nitrogens with two attached hydrogens (primary N) is 1. The van der Waals surface area contributed by atoms with Gasteiger partial charge in [-0.05, 0) is 36.8 Å². The fourth-order valence-electron chi connectivity index (χ4n) is 3.45. The lowest BCUT2D eigenvalue weighted by Gasteiger charge is -2.20. The molecular formula is C20H17N3O6S. The highest BCUT2D eigenvalue weighted by Crippen LogP contribution is 2.34. The third kappa shape index (κ3) is 3.52. The van der Waals surface area contributed by atoms with Crippen LogP contribution < -0.4 is 15.8 Å². The van der Waals surface area contributed by atoms with Gasteiger partial charge in [-0.2, -0.15) is 0 Å². The lowest BCUT2D eigenvalue weighted by atomic mass is 9.90. The molecule has 1 saturated heterocycles. The molecule has 0 aliphatic carbocycles. The van der Waals surface area contributed by atoms with Gasteiger partial charge in [0.05, 0.1) is 28.3 Å². The Hall–Kier alpha value is -3.66. The number of nitrogens with one attached hydrogen (secondary N) is 2. The molecule has 1 aromatic heterocycles. The number of carbonyl (C=O) groups excluding carboxylic acids is 3. The number of imide groups is 1. The lowest BCUT2D eigenvalue weighted by molar-refractivity contribution is -0.134. The molecule has 4 N–H and O–H groups in total. The van der Waals surface area contributed by atoms with E-state index in [0.717, 1.165) is 0 Å². The van der Waals surface area contributed by atoms with Gasteiger partial charge in [-0.15, -0.1) is 0 Å². The first-order chi connectivity index (χ1) is 14.3. The zero-order valence-corrected chi connectivity index (χ0v) is 16.4. The first kappa shape index (κ1) is 19.6. The molecule has 0 radical (unpaired) electrons. The lowest BCUT2D eigenvalue weighted by Crippen LogP contribution is -2.39. The molecule has 0 saturated carbocycles. The molecule has 10 heteroatoms. The van der Waals surface area contributed by atoms with Crippen molar-refractivity contribution in [2.45, 2.75) is 23.7 Å². The number of amides is 3. The number of fused-ring (bicyclic) bond motifs is 1. The van der Waals surface area contributed by atoms with Crippen molar-refractivity contribution in [3.8, 4) is 0 Å². The van der Waals surface area contributed by atoms with E-state index in [2.05, 4.69) is 10.0 Å². The highest BCUT2D eigenvalue weighted by atomic mass is 32.2. The third-order valence-electron chi connectivity index (χ3n) is 4.94. The largest absolute Gasteiger partial charge is 0.464 e. The highest BCUT2D eigenvalue weighted by molar-refractivity contribution is 7.92. The summed E-state index contributed by atoms with van der Waals surface area (Å²) in [6, 6.07) is 10.2. The van der Waals surface area contributed by atoms with E-state index in [1.54, 1.807) is 12.1 Å². The predicted molar refractivity (Wildman–Crippen MR) is 107 cm³/mol. The molecule has 1 atom stereocenters. The van der Waals surface area contributed by atoms with Gasteiger partial charge in [-0.25, -0.2) is 8.42 Å². The molecule has 2 heterocycles. The van der Waals surface area contributed by atoms with Crippen LogP contribution in [0.15, 0.2) is 58.0 Å². The Labute approximate surface area is 171 Å². The van der Waals surface area contributed by atoms with Crippen molar-refractivity contribution < 1.29 is 27.2 Å². The molecule has 1 aliphatic rings. The summed E-state index contributed by atoms with van der Waals surface area (Å²) in [5, 5.41) is 2.74. The first-order valence-corrected chi connectivity index (χ1v) is 10.5. The fourth-order valence-corrected chi connectivity index (χ4v) is 4.55. The maximum atomic E-state index is 12.9. The minimum atomic E-state index is -4.06. The van der Waals surface area contributed by atoms with E-state index in [-0.39, 0.29) is 28.5 Å². The summed E-state index contributed by atoms with van der Waals surface area (Å²) >= 11 is 0. The summed E-state index contributed by atoms with van der Waals surface area (Å²) < 4.78 is 33.7. The van der Waals surface area contributed by atoms with Crippen molar-refractivity contribution in [3.63, 3.8) is 0 Å². The van der Waals surface area contributed by atoms with Crippen LogP contribution >= 0.6 is 0 Å². The molecular weight excluding hydrogens is 410 g/mol. The number of para-hydroxylation sites is 1. The maximum Gasteiger partial charge on any atom is 0.261 e. The van der Waals surface area contributed by atoms with E-state index < -0.39 is 27.8 Å². The van der Waals surface area contributed by atoms with Crippen LogP contribution in [-0.2, 0) is 19.6 Å². The minimum Gasteiger partial charge on any atom is -0.464 e. The molecule has 4 rings (SSSR count). The number of anilines is 1.